The number of carbonyl (C=O) groups is 1. The maximum atomic E-state index is 10.6. The number of hydrogen-bond donors (Lipinski definition) is 3. The van der Waals surface area contributed by atoms with Gasteiger partial charge in [0.05, 0.1) is 6.42 Å². The van der Waals surface area contributed by atoms with Crippen LogP contribution in [0.15, 0.2) is 30.3 Å². The van der Waals surface area contributed by atoms with E-state index in [4.69, 9.17) is 10.8 Å². The molecule has 0 heterocycles. The molecule has 4 N–H and O–H groups in total. The zero-order valence-corrected chi connectivity index (χ0v) is 8.52. The number of nitrogens with one attached hydrogen (secondary N) is 1. The fourth-order valence-corrected chi connectivity index (χ4v) is 1.49. The van der Waals surface area contributed by atoms with E-state index in [9.17, 15) is 4.79 Å². The monoisotopic (exact) mass is 208 g/mol. The lowest BCUT2D eigenvalue weighted by Gasteiger charge is -2.15. The van der Waals surface area contributed by atoms with Gasteiger partial charge in [-0.05, 0) is 12.0 Å². The molecule has 0 aliphatic carbocycles. The van der Waals surface area contributed by atoms with Gasteiger partial charge in [0.15, 0.2) is 0 Å². The van der Waals surface area contributed by atoms with Crippen LogP contribution in [0.2, 0.25) is 0 Å². The Hall–Kier alpha value is -1.39. The summed E-state index contributed by atoms with van der Waals surface area (Å²) in [5.41, 5.74) is 6.47. The Labute approximate surface area is 89.1 Å². The van der Waals surface area contributed by atoms with Gasteiger partial charge in [0, 0.05) is 12.7 Å². The van der Waals surface area contributed by atoms with Crippen LogP contribution in [0.4, 0.5) is 0 Å². The first-order chi connectivity index (χ1) is 7.22. The van der Waals surface area contributed by atoms with Crippen molar-refractivity contribution in [3.8, 4) is 0 Å². The van der Waals surface area contributed by atoms with E-state index in [1.54, 1.807) is 0 Å². The Morgan fingerprint density at radius 1 is 1.40 bits per heavy atom. The van der Waals surface area contributed by atoms with Crippen molar-refractivity contribution >= 4 is 5.97 Å². The van der Waals surface area contributed by atoms with E-state index in [0.29, 0.717) is 13.1 Å². The second-order valence-electron chi connectivity index (χ2n) is 3.39. The van der Waals surface area contributed by atoms with Gasteiger partial charge in [-0.1, -0.05) is 30.3 Å². The van der Waals surface area contributed by atoms with Crippen LogP contribution in [0.25, 0.3) is 0 Å². The number of aliphatic carboxylic acids is 1. The summed E-state index contributed by atoms with van der Waals surface area (Å²) in [5, 5.41) is 11.7. The van der Waals surface area contributed by atoms with E-state index in [0.717, 1.165) is 5.56 Å². The van der Waals surface area contributed by atoms with Crippen molar-refractivity contribution in [3.63, 3.8) is 0 Å². The molecule has 4 heteroatoms. The predicted molar refractivity (Wildman–Crippen MR) is 58.4 cm³/mol. The lowest BCUT2D eigenvalue weighted by Crippen LogP contribution is -2.37. The molecule has 15 heavy (non-hydrogen) atoms. The summed E-state index contributed by atoms with van der Waals surface area (Å²) in [4.78, 5) is 10.6. The molecule has 1 aromatic carbocycles. The molecule has 0 fully saturated rings. The second-order valence-corrected chi connectivity index (χ2v) is 3.39. The fraction of sp³-hybridized carbons (Fsp3) is 0.364. The molecule has 0 unspecified atom stereocenters. The van der Waals surface area contributed by atoms with Crippen molar-refractivity contribution in [3.05, 3.63) is 35.9 Å². The van der Waals surface area contributed by atoms with Gasteiger partial charge >= 0.3 is 5.97 Å². The summed E-state index contributed by atoms with van der Waals surface area (Å²) in [6, 6.07) is 9.67. The predicted octanol–water partition coefficient (Wildman–Crippen LogP) is 0.578. The topological polar surface area (TPSA) is 75.3 Å². The van der Waals surface area contributed by atoms with E-state index in [2.05, 4.69) is 5.32 Å². The molecule has 4 nitrogen and oxygen atoms in total. The van der Waals surface area contributed by atoms with Crippen molar-refractivity contribution in [2.75, 3.05) is 6.67 Å². The number of benzene rings is 1. The van der Waals surface area contributed by atoms with Crippen LogP contribution in [0, 0.1) is 0 Å². The number of carboxylic acids is 1. The van der Waals surface area contributed by atoms with Crippen molar-refractivity contribution in [1.82, 2.24) is 5.32 Å². The molecule has 0 amide bonds. The summed E-state index contributed by atoms with van der Waals surface area (Å²) in [6.45, 7) is 0.296. The highest BCUT2D eigenvalue weighted by molar-refractivity contribution is 5.67. The normalized spacial score (nSPS) is 12.3. The molecule has 1 rings (SSSR count). The summed E-state index contributed by atoms with van der Waals surface area (Å²) in [7, 11) is 0. The lowest BCUT2D eigenvalue weighted by molar-refractivity contribution is -0.137. The molecule has 0 aromatic heterocycles. The van der Waals surface area contributed by atoms with Gasteiger partial charge in [0.2, 0.25) is 0 Å². The summed E-state index contributed by atoms with van der Waals surface area (Å²) < 4.78 is 0. The maximum Gasteiger partial charge on any atom is 0.304 e. The van der Waals surface area contributed by atoms with Gasteiger partial charge in [-0.25, -0.2) is 0 Å². The third kappa shape index (κ3) is 4.58. The van der Waals surface area contributed by atoms with Gasteiger partial charge in [-0.15, -0.1) is 0 Å². The van der Waals surface area contributed by atoms with E-state index >= 15 is 0 Å². The first-order valence-electron chi connectivity index (χ1n) is 4.91. The van der Waals surface area contributed by atoms with Crippen LogP contribution < -0.4 is 11.1 Å². The lowest BCUT2D eigenvalue weighted by atomic mass is 10.0. The number of nitrogens with two attached hydrogens (primary N) is 1. The molecule has 0 spiro atoms. The van der Waals surface area contributed by atoms with E-state index in [1.165, 1.54) is 0 Å². The Morgan fingerprint density at radius 2 is 2.07 bits per heavy atom. The SMILES string of the molecule is NCN[C@H](CC(=O)O)Cc1ccccc1. The minimum absolute atomic E-state index is 0.0894. The van der Waals surface area contributed by atoms with Gasteiger partial charge in [0.1, 0.15) is 0 Å². The average Bonchev–Trinajstić information content (AvgIpc) is 2.18. The Kier molecular flexibility index (Phi) is 4.80. The first kappa shape index (κ1) is 11.7. The molecular formula is C11H16N2O2. The van der Waals surface area contributed by atoms with E-state index in [-0.39, 0.29) is 12.5 Å². The van der Waals surface area contributed by atoms with Gasteiger partial charge in [0.25, 0.3) is 0 Å². The van der Waals surface area contributed by atoms with Crippen LogP contribution in [0.1, 0.15) is 12.0 Å². The largest absolute Gasteiger partial charge is 0.481 e. The third-order valence-electron chi connectivity index (χ3n) is 2.15. The summed E-state index contributed by atoms with van der Waals surface area (Å²) in [5.74, 6) is -0.808. The summed E-state index contributed by atoms with van der Waals surface area (Å²) in [6.07, 6.45) is 0.774. The molecule has 82 valence electrons. The fourth-order valence-electron chi connectivity index (χ4n) is 1.49. The Bertz CT molecular complexity index is 301. The maximum absolute atomic E-state index is 10.6. The molecule has 0 saturated carbocycles. The van der Waals surface area contributed by atoms with Crippen LogP contribution in [-0.4, -0.2) is 23.8 Å². The highest BCUT2D eigenvalue weighted by Crippen LogP contribution is 2.05. The van der Waals surface area contributed by atoms with E-state index < -0.39 is 5.97 Å². The molecule has 1 aromatic rings. The molecule has 0 bridgehead atoms. The first-order valence-corrected chi connectivity index (χ1v) is 4.91. The molecule has 0 saturated heterocycles. The van der Waals surface area contributed by atoms with Crippen LogP contribution in [0.3, 0.4) is 0 Å². The summed E-state index contributed by atoms with van der Waals surface area (Å²) >= 11 is 0. The van der Waals surface area contributed by atoms with Gasteiger partial charge in [-0.2, -0.15) is 0 Å². The van der Waals surface area contributed by atoms with Crippen molar-refractivity contribution in [1.29, 1.82) is 0 Å². The van der Waals surface area contributed by atoms with Crippen LogP contribution in [-0.2, 0) is 11.2 Å². The molecule has 0 aliphatic rings. The minimum atomic E-state index is -0.808. The van der Waals surface area contributed by atoms with Crippen LogP contribution in [0.5, 0.6) is 0 Å². The van der Waals surface area contributed by atoms with Crippen molar-refractivity contribution in [2.45, 2.75) is 18.9 Å². The zero-order chi connectivity index (χ0) is 11.1. The van der Waals surface area contributed by atoms with Crippen molar-refractivity contribution in [2.24, 2.45) is 5.73 Å². The molecular weight excluding hydrogens is 192 g/mol. The van der Waals surface area contributed by atoms with Crippen LogP contribution >= 0.6 is 0 Å². The van der Waals surface area contributed by atoms with E-state index in [1.807, 2.05) is 30.3 Å². The quantitative estimate of drug-likeness (QED) is 0.598. The Balaban J connectivity index is 2.54. The third-order valence-corrected chi connectivity index (χ3v) is 2.15. The molecule has 1 atom stereocenters. The highest BCUT2D eigenvalue weighted by Gasteiger charge is 2.12. The average molecular weight is 208 g/mol. The van der Waals surface area contributed by atoms with Gasteiger partial charge < -0.3 is 16.2 Å². The minimum Gasteiger partial charge on any atom is -0.481 e. The second kappa shape index (κ2) is 6.16. The van der Waals surface area contributed by atoms with Crippen molar-refractivity contribution < 1.29 is 9.90 Å². The Morgan fingerprint density at radius 3 is 2.60 bits per heavy atom. The molecule has 0 radical (unpaired) electrons. The van der Waals surface area contributed by atoms with Gasteiger partial charge in [-0.3, -0.25) is 4.79 Å². The number of rotatable bonds is 6. The standard InChI is InChI=1S/C11H16N2O2/c12-8-13-10(7-11(14)15)6-9-4-2-1-3-5-9/h1-5,10,13H,6-8,12H2,(H,14,15)/t10-/m0/s1. The number of carboxylic acid groups (broad SMARTS) is 1. The number of hydrogen-bond acceptors (Lipinski definition) is 3. The zero-order valence-electron chi connectivity index (χ0n) is 8.52. The highest BCUT2D eigenvalue weighted by atomic mass is 16.4. The smallest absolute Gasteiger partial charge is 0.304 e. The molecule has 0 aliphatic heterocycles.